The Morgan fingerprint density at radius 1 is 0.973 bits per heavy atom. The Morgan fingerprint density at radius 3 is 2.43 bits per heavy atom. The van der Waals surface area contributed by atoms with Crippen molar-refractivity contribution >= 4 is 15.8 Å². The number of halogens is 2. The molecule has 3 heterocycles. The molecule has 2 aliphatic heterocycles. The second kappa shape index (κ2) is 8.59. The van der Waals surface area contributed by atoms with Gasteiger partial charge in [0.25, 0.3) is 5.92 Å². The number of carbonyl (C=O) groups excluding carboxylic acids is 1. The summed E-state index contributed by atoms with van der Waals surface area (Å²) < 4.78 is 64.2. The fraction of sp³-hybridized carbons (Fsp3) is 0.333. The number of aromatic nitrogens is 1. The van der Waals surface area contributed by atoms with Crippen LogP contribution >= 0.6 is 0 Å². The Morgan fingerprint density at radius 2 is 1.73 bits per heavy atom. The molecule has 0 bridgehead atoms. The van der Waals surface area contributed by atoms with Crippen LogP contribution in [-0.4, -0.2) is 49.3 Å². The third-order valence-corrected chi connectivity index (χ3v) is 9.14. The van der Waals surface area contributed by atoms with Gasteiger partial charge in [-0.05, 0) is 54.8 Å². The van der Waals surface area contributed by atoms with Crippen LogP contribution < -0.4 is 9.47 Å². The molecular weight excluding hydrogens is 502 g/mol. The van der Waals surface area contributed by atoms with Crippen molar-refractivity contribution in [3.05, 3.63) is 71.9 Å². The molecule has 1 saturated heterocycles. The summed E-state index contributed by atoms with van der Waals surface area (Å²) in [5.41, 5.74) is 2.25. The van der Waals surface area contributed by atoms with Crippen molar-refractivity contribution in [3.8, 4) is 22.8 Å². The van der Waals surface area contributed by atoms with E-state index < -0.39 is 34.3 Å². The number of carbonyl (C=O) groups is 1. The minimum absolute atomic E-state index is 0.0420. The number of sulfonamides is 1. The van der Waals surface area contributed by atoms with Crippen LogP contribution in [0.25, 0.3) is 11.3 Å². The van der Waals surface area contributed by atoms with E-state index in [0.717, 1.165) is 22.7 Å². The molecule has 2 fully saturated rings. The minimum atomic E-state index is -4.00. The predicted molar refractivity (Wildman–Crippen MR) is 130 cm³/mol. The van der Waals surface area contributed by atoms with E-state index in [4.69, 9.17) is 9.47 Å². The zero-order chi connectivity index (χ0) is 25.8. The van der Waals surface area contributed by atoms with Crippen molar-refractivity contribution in [2.24, 2.45) is 0 Å². The van der Waals surface area contributed by atoms with Crippen LogP contribution in [0.4, 0.5) is 8.78 Å². The topological polar surface area (TPSA) is 85.8 Å². The van der Waals surface area contributed by atoms with Crippen LogP contribution in [0.5, 0.6) is 11.5 Å². The van der Waals surface area contributed by atoms with Crippen molar-refractivity contribution in [1.82, 2.24) is 9.29 Å². The summed E-state index contributed by atoms with van der Waals surface area (Å²) in [5.74, 6) is -1.59. The number of hydrogen-bond acceptors (Lipinski definition) is 6. The van der Waals surface area contributed by atoms with Crippen LogP contribution in [0.2, 0.25) is 0 Å². The van der Waals surface area contributed by atoms with E-state index in [1.165, 1.54) is 12.1 Å². The summed E-state index contributed by atoms with van der Waals surface area (Å²) in [6.07, 6.45) is 1.22. The summed E-state index contributed by atoms with van der Waals surface area (Å²) >= 11 is 0. The number of ether oxygens (including phenoxy) is 2. The lowest BCUT2D eigenvalue weighted by Gasteiger charge is -2.16. The third-order valence-electron chi connectivity index (χ3n) is 7.28. The Bertz CT molecular complexity index is 1490. The molecule has 6 rings (SSSR count). The van der Waals surface area contributed by atoms with Gasteiger partial charge in [-0.25, -0.2) is 17.2 Å². The molecule has 1 aromatic heterocycles. The molecule has 0 unspecified atom stereocenters. The average Bonchev–Trinajstić information content (AvgIpc) is 3.42. The van der Waals surface area contributed by atoms with Crippen LogP contribution in [0.15, 0.2) is 65.6 Å². The van der Waals surface area contributed by atoms with Crippen LogP contribution in [-0.2, 0) is 26.7 Å². The Hall–Kier alpha value is -3.37. The molecule has 192 valence electrons. The second-order valence-electron chi connectivity index (χ2n) is 9.73. The minimum Gasteiger partial charge on any atom is -0.454 e. The fourth-order valence-corrected chi connectivity index (χ4v) is 6.45. The lowest BCUT2D eigenvalue weighted by molar-refractivity contribution is -0.120. The number of hydrogen-bond donors (Lipinski definition) is 0. The van der Waals surface area contributed by atoms with Crippen molar-refractivity contribution < 1.29 is 31.5 Å². The van der Waals surface area contributed by atoms with Gasteiger partial charge in [0, 0.05) is 30.6 Å². The lowest BCUT2D eigenvalue weighted by Crippen LogP contribution is -2.31. The second-order valence-corrected chi connectivity index (χ2v) is 11.7. The number of Topliss-reactive ketones (excluding diaryl/α,β-unsaturated/α-hetero) is 1. The maximum atomic E-state index is 13.5. The van der Waals surface area contributed by atoms with E-state index in [1.807, 2.05) is 24.3 Å². The maximum absolute atomic E-state index is 13.5. The van der Waals surface area contributed by atoms with Crippen molar-refractivity contribution in [2.45, 2.75) is 41.9 Å². The maximum Gasteiger partial charge on any atom is 0.262 e. The van der Waals surface area contributed by atoms with Gasteiger partial charge >= 0.3 is 0 Å². The first-order chi connectivity index (χ1) is 17.7. The molecule has 0 atom stereocenters. The number of nitrogens with zero attached hydrogens (tertiary/aromatic N) is 2. The van der Waals surface area contributed by atoms with Crippen molar-refractivity contribution in [1.29, 1.82) is 0 Å². The highest BCUT2D eigenvalue weighted by molar-refractivity contribution is 7.89. The molecule has 3 aliphatic rings. The molecule has 7 nitrogen and oxygen atoms in total. The van der Waals surface area contributed by atoms with Gasteiger partial charge in [-0.15, -0.1) is 0 Å². The van der Waals surface area contributed by atoms with Gasteiger partial charge in [-0.3, -0.25) is 9.78 Å². The molecular formula is C27H24F2N2O5S. The van der Waals surface area contributed by atoms with Gasteiger partial charge in [0.15, 0.2) is 11.5 Å². The zero-order valence-corrected chi connectivity index (χ0v) is 20.6. The average molecular weight is 527 g/mol. The summed E-state index contributed by atoms with van der Waals surface area (Å²) in [6, 6.07) is 17.0. The first-order valence-corrected chi connectivity index (χ1v) is 13.5. The summed E-state index contributed by atoms with van der Waals surface area (Å²) in [4.78, 5) is 17.9. The van der Waals surface area contributed by atoms with Gasteiger partial charge in [0.1, 0.15) is 5.78 Å². The standard InChI is InChI=1S/C27H24F2N2O5S/c28-27(29)12-13-31(16-27)37(33,34)21-7-4-18(5-8-21)22-3-1-2-20(30-22)15-25(32)26(10-11-26)19-6-9-23-24(14-19)36-17-35-23/h1-9,14H,10-13,15-17H2. The third kappa shape index (κ3) is 4.38. The Kier molecular flexibility index (Phi) is 5.57. The number of ketones is 1. The highest BCUT2D eigenvalue weighted by atomic mass is 32.2. The lowest BCUT2D eigenvalue weighted by atomic mass is 9.88. The SMILES string of the molecule is O=C(Cc1cccc(-c2ccc(S(=O)(=O)N3CCC(F)(F)C3)cc2)n1)C1(c2ccc3c(c2)OCO3)CC1. The summed E-state index contributed by atoms with van der Waals surface area (Å²) in [7, 11) is -4.00. The first-order valence-electron chi connectivity index (χ1n) is 12.0. The smallest absolute Gasteiger partial charge is 0.262 e. The Balaban J connectivity index is 1.18. The van der Waals surface area contributed by atoms with Crippen molar-refractivity contribution in [2.75, 3.05) is 19.9 Å². The summed E-state index contributed by atoms with van der Waals surface area (Å²) in [5, 5.41) is 0. The quantitative estimate of drug-likeness (QED) is 0.455. The zero-order valence-electron chi connectivity index (χ0n) is 19.8. The van der Waals surface area contributed by atoms with E-state index in [2.05, 4.69) is 4.98 Å². The summed E-state index contributed by atoms with van der Waals surface area (Å²) in [6.45, 7) is -0.831. The predicted octanol–water partition coefficient (Wildman–Crippen LogP) is 4.35. The van der Waals surface area contributed by atoms with E-state index in [1.54, 1.807) is 24.3 Å². The molecule has 2 aromatic carbocycles. The number of pyridine rings is 1. The molecule has 1 saturated carbocycles. The molecule has 0 spiro atoms. The van der Waals surface area contributed by atoms with Crippen LogP contribution in [0.1, 0.15) is 30.5 Å². The van der Waals surface area contributed by atoms with Gasteiger partial charge in [0.2, 0.25) is 16.8 Å². The van der Waals surface area contributed by atoms with Gasteiger partial charge < -0.3 is 9.47 Å². The number of rotatable bonds is 7. The first kappa shape index (κ1) is 24.0. The molecule has 3 aromatic rings. The normalized spacial score (nSPS) is 19.6. The van der Waals surface area contributed by atoms with E-state index in [0.29, 0.717) is 28.5 Å². The molecule has 0 amide bonds. The van der Waals surface area contributed by atoms with Crippen LogP contribution in [0.3, 0.4) is 0 Å². The highest BCUT2D eigenvalue weighted by Crippen LogP contribution is 2.51. The number of benzene rings is 2. The largest absolute Gasteiger partial charge is 0.454 e. The Labute approximate surface area is 213 Å². The van der Waals surface area contributed by atoms with Crippen LogP contribution in [0, 0.1) is 0 Å². The molecule has 10 heteroatoms. The molecule has 37 heavy (non-hydrogen) atoms. The highest BCUT2D eigenvalue weighted by Gasteiger charge is 2.51. The molecule has 0 radical (unpaired) electrons. The molecule has 0 N–H and O–H groups in total. The molecule has 1 aliphatic carbocycles. The van der Waals surface area contributed by atoms with E-state index in [9.17, 15) is 22.0 Å². The van der Waals surface area contributed by atoms with Gasteiger partial charge in [-0.2, -0.15) is 4.31 Å². The number of alkyl halides is 2. The van der Waals surface area contributed by atoms with Crippen molar-refractivity contribution in [3.63, 3.8) is 0 Å². The fourth-order valence-electron chi connectivity index (χ4n) is 4.98. The van der Waals surface area contributed by atoms with Gasteiger partial charge in [0.05, 0.1) is 22.5 Å². The number of fused-ring (bicyclic) bond motifs is 1. The van der Waals surface area contributed by atoms with E-state index >= 15 is 0 Å². The van der Waals surface area contributed by atoms with Gasteiger partial charge in [-0.1, -0.05) is 24.3 Å². The monoisotopic (exact) mass is 526 g/mol. The van der Waals surface area contributed by atoms with E-state index in [-0.39, 0.29) is 30.4 Å².